The molecular formula is C30H28FN7O3S2. The van der Waals surface area contributed by atoms with Crippen molar-refractivity contribution < 1.29 is 18.8 Å². The molecule has 1 aromatic heterocycles. The number of nitrogens with zero attached hydrogens (tertiary/aromatic N) is 4. The molecule has 13 heteroatoms. The summed E-state index contributed by atoms with van der Waals surface area (Å²) in [5, 5.41) is 24.6. The van der Waals surface area contributed by atoms with E-state index in [1.54, 1.807) is 41.3 Å². The van der Waals surface area contributed by atoms with Crippen molar-refractivity contribution in [2.45, 2.75) is 43.9 Å². The van der Waals surface area contributed by atoms with Gasteiger partial charge in [-0.25, -0.2) is 4.39 Å². The first kappa shape index (κ1) is 29.9. The van der Waals surface area contributed by atoms with Gasteiger partial charge >= 0.3 is 0 Å². The van der Waals surface area contributed by atoms with E-state index in [1.165, 1.54) is 42.2 Å². The zero-order valence-corrected chi connectivity index (χ0v) is 25.2. The number of aromatic nitrogens is 2. The molecule has 43 heavy (non-hydrogen) atoms. The van der Waals surface area contributed by atoms with Gasteiger partial charge in [0.1, 0.15) is 11.6 Å². The molecule has 4 N–H and O–H groups in total. The van der Waals surface area contributed by atoms with Crippen LogP contribution in [0.5, 0.6) is 0 Å². The summed E-state index contributed by atoms with van der Waals surface area (Å²) < 4.78 is 14.2. The van der Waals surface area contributed by atoms with Crippen molar-refractivity contribution in [2.75, 3.05) is 21.3 Å². The van der Waals surface area contributed by atoms with E-state index >= 15 is 0 Å². The van der Waals surface area contributed by atoms with Crippen molar-refractivity contribution >= 4 is 57.2 Å². The van der Waals surface area contributed by atoms with Crippen molar-refractivity contribution in [3.8, 4) is 6.07 Å². The van der Waals surface area contributed by atoms with Gasteiger partial charge in [-0.05, 0) is 53.8 Å². The molecule has 220 valence electrons. The molecule has 3 aromatic rings. The number of hydrogen-bond donors (Lipinski definition) is 3. The van der Waals surface area contributed by atoms with E-state index in [-0.39, 0.29) is 46.6 Å². The summed E-state index contributed by atoms with van der Waals surface area (Å²) in [7, 11) is 0. The Hall–Kier alpha value is -4.54. The van der Waals surface area contributed by atoms with Crippen molar-refractivity contribution in [3.05, 3.63) is 82.6 Å². The molecule has 0 fully saturated rings. The first-order valence-electron chi connectivity index (χ1n) is 13.3. The monoisotopic (exact) mass is 617 g/mol. The minimum Gasteiger partial charge on any atom is -0.384 e. The number of hydrogen-bond acceptors (Lipinski definition) is 10. The molecule has 0 radical (unpaired) electrons. The number of carbonyl (C=O) groups excluding carboxylic acids is 3. The number of Topliss-reactive ketones (excluding diaryl/α,β-unsaturated/α-hetero) is 1. The van der Waals surface area contributed by atoms with E-state index in [9.17, 15) is 24.0 Å². The third-order valence-electron chi connectivity index (χ3n) is 6.99. The van der Waals surface area contributed by atoms with E-state index in [2.05, 4.69) is 26.9 Å². The number of nitriles is 1. The van der Waals surface area contributed by atoms with Crippen LogP contribution in [0.1, 0.15) is 45.1 Å². The maximum atomic E-state index is 13.7. The fraction of sp³-hybridized carbons (Fsp3) is 0.267. The van der Waals surface area contributed by atoms with Crippen LogP contribution in [0.2, 0.25) is 0 Å². The van der Waals surface area contributed by atoms with Crippen molar-refractivity contribution in [2.24, 2.45) is 11.1 Å². The zero-order chi connectivity index (χ0) is 30.9. The van der Waals surface area contributed by atoms with Gasteiger partial charge in [0.2, 0.25) is 16.9 Å². The lowest BCUT2D eigenvalue weighted by molar-refractivity contribution is -0.118. The molecule has 1 atom stereocenters. The number of amides is 2. The lowest BCUT2D eigenvalue weighted by Crippen LogP contribution is -2.42. The Balaban J connectivity index is 1.39. The standard InChI is InChI=1S/C30H28FN7O3S2/c1-16(39)34-19-8-10-20(11-9-19)35-24(41)15-42-29-37-36-28(43-29)38-22-12-30(2,3)13-23(40)26(22)25(21(14-32)27(38)33)17-4-6-18(31)7-5-17/h4-11,25H,12-13,15,33H2,1-3H3,(H,34,39)(H,35,41). The molecule has 10 nitrogen and oxygen atoms in total. The van der Waals surface area contributed by atoms with E-state index in [1.807, 2.05) is 13.8 Å². The third kappa shape index (κ3) is 6.45. The van der Waals surface area contributed by atoms with Crippen LogP contribution in [0.4, 0.5) is 20.9 Å². The van der Waals surface area contributed by atoms with Crippen LogP contribution in [0.25, 0.3) is 0 Å². The fourth-order valence-electron chi connectivity index (χ4n) is 5.23. The Morgan fingerprint density at radius 3 is 2.40 bits per heavy atom. The Morgan fingerprint density at radius 1 is 1.12 bits per heavy atom. The van der Waals surface area contributed by atoms with Crippen LogP contribution in [-0.4, -0.2) is 33.5 Å². The Kier molecular flexibility index (Phi) is 8.34. The number of nitrogens with one attached hydrogen (secondary N) is 2. The van der Waals surface area contributed by atoms with Gasteiger partial charge in [-0.2, -0.15) is 5.26 Å². The smallest absolute Gasteiger partial charge is 0.234 e. The van der Waals surface area contributed by atoms with Crippen LogP contribution in [0.15, 0.2) is 75.5 Å². The van der Waals surface area contributed by atoms with Crippen molar-refractivity contribution in [3.63, 3.8) is 0 Å². The van der Waals surface area contributed by atoms with Crippen LogP contribution in [0.3, 0.4) is 0 Å². The van der Waals surface area contributed by atoms with Crippen LogP contribution < -0.4 is 21.3 Å². The molecule has 0 saturated carbocycles. The quantitative estimate of drug-likeness (QED) is 0.299. The van der Waals surface area contributed by atoms with Gasteiger partial charge in [0.15, 0.2) is 10.1 Å². The number of anilines is 3. The first-order valence-corrected chi connectivity index (χ1v) is 15.1. The summed E-state index contributed by atoms with van der Waals surface area (Å²) in [6.45, 7) is 5.40. The Morgan fingerprint density at radius 2 is 1.77 bits per heavy atom. The third-order valence-corrected chi connectivity index (χ3v) is 9.03. The minimum absolute atomic E-state index is 0.0585. The first-order chi connectivity index (χ1) is 20.5. The van der Waals surface area contributed by atoms with Gasteiger partial charge in [0.05, 0.1) is 23.3 Å². The van der Waals surface area contributed by atoms with E-state index in [4.69, 9.17) is 5.73 Å². The van der Waals surface area contributed by atoms with E-state index in [0.717, 1.165) is 0 Å². The van der Waals surface area contributed by atoms with Crippen molar-refractivity contribution in [1.29, 1.82) is 5.26 Å². The van der Waals surface area contributed by atoms with Gasteiger partial charge in [0.25, 0.3) is 0 Å². The molecule has 2 aliphatic rings. The molecular weight excluding hydrogens is 590 g/mol. The fourth-order valence-corrected chi connectivity index (χ4v) is 6.91. The van der Waals surface area contributed by atoms with E-state index in [0.29, 0.717) is 44.1 Å². The predicted molar refractivity (Wildman–Crippen MR) is 164 cm³/mol. The lowest BCUT2D eigenvalue weighted by atomic mass is 9.69. The number of thioether (sulfide) groups is 1. The number of rotatable bonds is 7. The number of halogens is 1. The highest BCUT2D eigenvalue weighted by Crippen LogP contribution is 2.50. The van der Waals surface area contributed by atoms with Crippen LogP contribution >= 0.6 is 23.1 Å². The number of benzene rings is 2. The molecule has 0 bridgehead atoms. The minimum atomic E-state index is -0.724. The van der Waals surface area contributed by atoms with Gasteiger partial charge < -0.3 is 16.4 Å². The summed E-state index contributed by atoms with van der Waals surface area (Å²) in [5.74, 6) is -1.50. The SMILES string of the molecule is CC(=O)Nc1ccc(NC(=O)CSc2nnc(N3C(N)=C(C#N)C(c4ccc(F)cc4)C4=C3CC(C)(C)CC4=O)s2)cc1. The van der Waals surface area contributed by atoms with Gasteiger partial charge in [-0.3, -0.25) is 19.3 Å². The van der Waals surface area contributed by atoms with Crippen molar-refractivity contribution in [1.82, 2.24) is 10.2 Å². The molecule has 1 aliphatic heterocycles. The number of allylic oxidation sites excluding steroid dienone is 3. The molecule has 2 aromatic carbocycles. The van der Waals surface area contributed by atoms with Gasteiger partial charge in [0, 0.05) is 36.0 Å². The molecule has 0 spiro atoms. The normalized spacial score (nSPS) is 17.8. The highest BCUT2D eigenvalue weighted by Gasteiger charge is 2.45. The largest absolute Gasteiger partial charge is 0.384 e. The predicted octanol–water partition coefficient (Wildman–Crippen LogP) is 5.31. The summed E-state index contributed by atoms with van der Waals surface area (Å²) in [5.41, 5.74) is 9.32. The topological polar surface area (TPSA) is 154 Å². The second kappa shape index (κ2) is 12.0. The summed E-state index contributed by atoms with van der Waals surface area (Å²) >= 11 is 2.38. The van der Waals surface area contributed by atoms with Gasteiger partial charge in [-0.1, -0.05) is 49.1 Å². The number of nitrogens with two attached hydrogens (primary N) is 1. The van der Waals surface area contributed by atoms with Crippen LogP contribution in [0, 0.1) is 22.6 Å². The summed E-state index contributed by atoms with van der Waals surface area (Å²) in [6, 6.07) is 14.7. The molecule has 2 heterocycles. The molecule has 2 amide bonds. The maximum Gasteiger partial charge on any atom is 0.234 e. The molecule has 5 rings (SSSR count). The van der Waals surface area contributed by atoms with E-state index < -0.39 is 11.7 Å². The molecule has 0 saturated heterocycles. The average Bonchev–Trinajstić information content (AvgIpc) is 3.40. The highest BCUT2D eigenvalue weighted by atomic mass is 32.2. The maximum absolute atomic E-state index is 13.7. The lowest BCUT2D eigenvalue weighted by Gasteiger charge is -2.42. The number of ketones is 1. The average molecular weight is 618 g/mol. The van der Waals surface area contributed by atoms with Gasteiger partial charge in [-0.15, -0.1) is 10.2 Å². The summed E-state index contributed by atoms with van der Waals surface area (Å²) in [6.07, 6.45) is 0.786. The second-order valence-electron chi connectivity index (χ2n) is 11.0. The Labute approximate surface area is 255 Å². The Bertz CT molecular complexity index is 1710. The second-order valence-corrected chi connectivity index (χ2v) is 13.2. The number of carbonyl (C=O) groups is 3. The van der Waals surface area contributed by atoms with Crippen LogP contribution in [-0.2, 0) is 14.4 Å². The zero-order valence-electron chi connectivity index (χ0n) is 23.6. The summed E-state index contributed by atoms with van der Waals surface area (Å²) in [4.78, 5) is 39.0. The molecule has 1 aliphatic carbocycles. The molecule has 1 unspecified atom stereocenters. The highest BCUT2D eigenvalue weighted by molar-refractivity contribution is 8.01.